The fraction of sp³-hybridized carbons (Fsp3) is 0.139. The van der Waals surface area contributed by atoms with E-state index in [9.17, 15) is 23.3 Å². The second kappa shape index (κ2) is 14.7. The number of nitrogens with zero attached hydrogens (tertiary/aromatic N) is 3. The quantitative estimate of drug-likeness (QED) is 0.115. The van der Waals surface area contributed by atoms with Crippen LogP contribution in [0.4, 0.5) is 11.4 Å². The van der Waals surface area contributed by atoms with Crippen LogP contribution in [0.3, 0.4) is 0 Å². The third kappa shape index (κ3) is 8.03. The van der Waals surface area contributed by atoms with Crippen LogP contribution in [0.25, 0.3) is 11.1 Å². The molecule has 13 heteroatoms. The molecule has 0 unspecified atom stereocenters. The summed E-state index contributed by atoms with van der Waals surface area (Å²) in [6.45, 7) is 3.78. The van der Waals surface area contributed by atoms with Crippen molar-refractivity contribution in [3.8, 4) is 22.6 Å². The van der Waals surface area contributed by atoms with Crippen molar-refractivity contribution < 1.29 is 22.9 Å². The molecular formula is C36H30Cl2N4O6S. The molecule has 1 aliphatic heterocycles. The van der Waals surface area contributed by atoms with E-state index in [2.05, 4.69) is 21.9 Å². The van der Waals surface area contributed by atoms with Crippen molar-refractivity contribution in [2.75, 3.05) is 31.1 Å². The first kappa shape index (κ1) is 33.9. The summed E-state index contributed by atoms with van der Waals surface area (Å²) in [6.07, 6.45) is 0. The number of piperazine rings is 1. The molecule has 0 aliphatic carbocycles. The lowest BCUT2D eigenvalue weighted by Gasteiger charge is -2.36. The Labute approximate surface area is 293 Å². The fourth-order valence-corrected chi connectivity index (χ4v) is 6.90. The molecule has 49 heavy (non-hydrogen) atoms. The Hall–Kier alpha value is -4.94. The number of amides is 1. The van der Waals surface area contributed by atoms with Gasteiger partial charge in [0.2, 0.25) is 0 Å². The number of nitro groups is 1. The Morgan fingerprint density at radius 1 is 0.837 bits per heavy atom. The van der Waals surface area contributed by atoms with Crippen LogP contribution in [-0.4, -0.2) is 50.3 Å². The van der Waals surface area contributed by atoms with Gasteiger partial charge in [-0.3, -0.25) is 19.8 Å². The van der Waals surface area contributed by atoms with Crippen LogP contribution in [0.5, 0.6) is 11.5 Å². The van der Waals surface area contributed by atoms with Crippen LogP contribution in [0.15, 0.2) is 120 Å². The van der Waals surface area contributed by atoms with Gasteiger partial charge in [-0.2, -0.15) is 0 Å². The van der Waals surface area contributed by atoms with Crippen LogP contribution >= 0.6 is 23.2 Å². The maximum atomic E-state index is 13.4. The number of hydrogen-bond donors (Lipinski definition) is 1. The van der Waals surface area contributed by atoms with Crippen LogP contribution in [-0.2, 0) is 16.6 Å². The second-order valence-electron chi connectivity index (χ2n) is 11.3. The van der Waals surface area contributed by atoms with Crippen LogP contribution < -0.4 is 14.4 Å². The normalized spacial score (nSPS) is 13.6. The van der Waals surface area contributed by atoms with Gasteiger partial charge in [-0.1, -0.05) is 77.8 Å². The molecule has 0 atom stereocenters. The summed E-state index contributed by atoms with van der Waals surface area (Å²) in [5.41, 5.74) is 3.66. The fourth-order valence-electron chi connectivity index (χ4n) is 5.61. The molecule has 5 aromatic carbocycles. The van der Waals surface area contributed by atoms with E-state index in [4.69, 9.17) is 27.9 Å². The Morgan fingerprint density at radius 2 is 1.53 bits per heavy atom. The topological polar surface area (TPSA) is 122 Å². The molecule has 0 aromatic heterocycles. The van der Waals surface area contributed by atoms with Gasteiger partial charge in [-0.15, -0.1) is 0 Å². The number of ether oxygens (including phenoxy) is 1. The summed E-state index contributed by atoms with van der Waals surface area (Å²) in [4.78, 5) is 28.0. The molecule has 10 nitrogen and oxygen atoms in total. The maximum Gasteiger partial charge on any atom is 0.289 e. The summed E-state index contributed by atoms with van der Waals surface area (Å²) in [5.74, 6) is -0.355. The number of halogens is 2. The SMILES string of the molecule is O=C(NS(=O)(=O)c1ccc(Cl)c([N+](=O)[O-])c1)c1ccc(N2CCN(Cc3ccccc3-c3ccc(Cl)cc3)CC2)cc1Oc1ccccc1. The smallest absolute Gasteiger partial charge is 0.289 e. The third-order valence-corrected chi connectivity index (χ3v) is 10.0. The second-order valence-corrected chi connectivity index (χ2v) is 13.9. The zero-order valence-electron chi connectivity index (χ0n) is 26.0. The maximum absolute atomic E-state index is 13.4. The molecule has 6 rings (SSSR count). The lowest BCUT2D eigenvalue weighted by Crippen LogP contribution is -2.46. The minimum absolute atomic E-state index is 0.0305. The Kier molecular flexibility index (Phi) is 10.2. The Balaban J connectivity index is 1.20. The number of anilines is 1. The molecule has 1 fully saturated rings. The molecule has 5 aromatic rings. The van der Waals surface area contributed by atoms with Gasteiger partial charge in [0.15, 0.2) is 0 Å². The highest BCUT2D eigenvalue weighted by molar-refractivity contribution is 7.90. The van der Waals surface area contributed by atoms with Gasteiger partial charge in [-0.25, -0.2) is 13.1 Å². The van der Waals surface area contributed by atoms with Gasteiger partial charge in [-0.05, 0) is 65.2 Å². The van der Waals surface area contributed by atoms with Crippen molar-refractivity contribution in [3.05, 3.63) is 147 Å². The Bertz CT molecular complexity index is 2110. The van der Waals surface area contributed by atoms with Crippen LogP contribution in [0, 0.1) is 10.1 Å². The highest BCUT2D eigenvalue weighted by atomic mass is 35.5. The molecule has 0 spiro atoms. The molecule has 1 saturated heterocycles. The van der Waals surface area contributed by atoms with Crippen molar-refractivity contribution in [1.29, 1.82) is 0 Å². The Morgan fingerprint density at radius 3 is 2.24 bits per heavy atom. The zero-order chi connectivity index (χ0) is 34.5. The minimum atomic E-state index is -4.50. The molecule has 1 amide bonds. The summed E-state index contributed by atoms with van der Waals surface area (Å²) >= 11 is 12.0. The third-order valence-electron chi connectivity index (χ3n) is 8.14. The predicted octanol–water partition coefficient (Wildman–Crippen LogP) is 7.80. The average molecular weight is 718 g/mol. The van der Waals surface area contributed by atoms with E-state index in [0.29, 0.717) is 23.9 Å². The lowest BCUT2D eigenvalue weighted by atomic mass is 9.99. The highest BCUT2D eigenvalue weighted by Crippen LogP contribution is 2.33. The molecule has 1 N–H and O–H groups in total. The number of carbonyl (C=O) groups is 1. The lowest BCUT2D eigenvalue weighted by molar-refractivity contribution is -0.384. The summed E-state index contributed by atoms with van der Waals surface area (Å²) in [5, 5.41) is 11.8. The molecule has 0 radical (unpaired) electrons. The molecule has 250 valence electrons. The number of carbonyl (C=O) groups excluding carboxylic acids is 1. The number of nitrogens with one attached hydrogen (secondary N) is 1. The van der Waals surface area contributed by atoms with E-state index in [1.54, 1.807) is 36.4 Å². The molecule has 0 bridgehead atoms. The first-order valence-electron chi connectivity index (χ1n) is 15.3. The van der Waals surface area contributed by atoms with Gasteiger partial charge in [0.05, 0.1) is 15.4 Å². The highest BCUT2D eigenvalue weighted by Gasteiger charge is 2.26. The molecule has 1 heterocycles. The number of nitro benzene ring substituents is 1. The standard InChI is InChI=1S/C36H30Cl2N4O6S/c37-27-12-10-25(11-13-27)31-9-5-4-6-26(31)24-40-18-20-41(21-19-40)28-14-16-32(35(22-28)48-29-7-2-1-3-8-29)36(43)39-49(46,47)30-15-17-33(38)34(23-30)42(44)45/h1-17,22-23H,18-21,24H2,(H,39,43). The van der Waals surface area contributed by atoms with Gasteiger partial charge < -0.3 is 9.64 Å². The number of sulfonamides is 1. The zero-order valence-corrected chi connectivity index (χ0v) is 28.3. The minimum Gasteiger partial charge on any atom is -0.456 e. The van der Waals surface area contributed by atoms with E-state index < -0.39 is 31.4 Å². The number of rotatable bonds is 10. The van der Waals surface area contributed by atoms with Gasteiger partial charge in [0, 0.05) is 55.6 Å². The number of benzene rings is 5. The molecule has 0 saturated carbocycles. The summed E-state index contributed by atoms with van der Waals surface area (Å²) in [7, 11) is -4.50. The molecular weight excluding hydrogens is 687 g/mol. The number of hydrogen-bond acceptors (Lipinski definition) is 8. The van der Waals surface area contributed by atoms with Gasteiger partial charge in [0.1, 0.15) is 16.5 Å². The average Bonchev–Trinajstić information content (AvgIpc) is 3.09. The number of para-hydroxylation sites is 1. The van der Waals surface area contributed by atoms with E-state index in [0.717, 1.165) is 54.6 Å². The van der Waals surface area contributed by atoms with Gasteiger partial charge >= 0.3 is 0 Å². The van der Waals surface area contributed by atoms with E-state index in [1.165, 1.54) is 11.6 Å². The van der Waals surface area contributed by atoms with Crippen LogP contribution in [0.2, 0.25) is 10.0 Å². The van der Waals surface area contributed by atoms with E-state index in [-0.39, 0.29) is 16.3 Å². The molecule has 1 aliphatic rings. The monoisotopic (exact) mass is 716 g/mol. The summed E-state index contributed by atoms with van der Waals surface area (Å²) in [6, 6.07) is 32.9. The van der Waals surface area contributed by atoms with Crippen molar-refractivity contribution in [1.82, 2.24) is 9.62 Å². The van der Waals surface area contributed by atoms with Crippen LogP contribution in [0.1, 0.15) is 15.9 Å². The van der Waals surface area contributed by atoms with Gasteiger partial charge in [0.25, 0.3) is 21.6 Å². The largest absolute Gasteiger partial charge is 0.456 e. The van der Waals surface area contributed by atoms with Crippen molar-refractivity contribution >= 4 is 50.5 Å². The first-order chi connectivity index (χ1) is 23.6. The van der Waals surface area contributed by atoms with Crippen molar-refractivity contribution in [3.63, 3.8) is 0 Å². The predicted molar refractivity (Wildman–Crippen MR) is 190 cm³/mol. The van der Waals surface area contributed by atoms with Crippen molar-refractivity contribution in [2.24, 2.45) is 0 Å². The summed E-state index contributed by atoms with van der Waals surface area (Å²) < 4.78 is 34.3. The van der Waals surface area contributed by atoms with Crippen molar-refractivity contribution in [2.45, 2.75) is 11.4 Å². The first-order valence-corrected chi connectivity index (χ1v) is 17.5. The van der Waals surface area contributed by atoms with E-state index >= 15 is 0 Å². The van der Waals surface area contributed by atoms with E-state index in [1.807, 2.05) is 47.2 Å².